The highest BCUT2D eigenvalue weighted by Crippen LogP contribution is 2.45. The Kier molecular flexibility index (Phi) is 4.00. The van der Waals surface area contributed by atoms with E-state index < -0.39 is 0 Å². The molecule has 0 radical (unpaired) electrons. The molecular weight excluding hydrogens is 217 g/mol. The molecule has 2 nitrogen and oxygen atoms in total. The number of ether oxygens (including phenoxy) is 1. The first-order valence-electron chi connectivity index (χ1n) is 6.30. The molecule has 1 saturated carbocycles. The van der Waals surface area contributed by atoms with E-state index in [0.29, 0.717) is 11.8 Å². The highest BCUT2D eigenvalue weighted by Gasteiger charge is 2.33. The molecule has 3 heteroatoms. The third-order valence-electron chi connectivity index (χ3n) is 3.67. The maximum absolute atomic E-state index is 13.3. The third kappa shape index (κ3) is 2.60. The van der Waals surface area contributed by atoms with Gasteiger partial charge in [0, 0.05) is 5.56 Å². The predicted molar refractivity (Wildman–Crippen MR) is 67.0 cm³/mol. The first-order chi connectivity index (χ1) is 8.26. The summed E-state index contributed by atoms with van der Waals surface area (Å²) in [5, 5.41) is 3.37. The van der Waals surface area contributed by atoms with Crippen LogP contribution in [0.15, 0.2) is 18.2 Å². The normalized spacial score (nSPS) is 23.2. The van der Waals surface area contributed by atoms with E-state index in [9.17, 15) is 4.39 Å². The molecular formula is C14H20FNO. The Morgan fingerprint density at radius 2 is 2.24 bits per heavy atom. The van der Waals surface area contributed by atoms with Crippen molar-refractivity contribution < 1.29 is 9.13 Å². The van der Waals surface area contributed by atoms with Crippen LogP contribution in [0.5, 0.6) is 5.75 Å². The van der Waals surface area contributed by atoms with Crippen LogP contribution in [0.1, 0.15) is 31.2 Å². The summed E-state index contributed by atoms with van der Waals surface area (Å²) in [7, 11) is 1.65. The second-order valence-corrected chi connectivity index (χ2v) is 4.64. The van der Waals surface area contributed by atoms with Crippen molar-refractivity contribution in [3.63, 3.8) is 0 Å². The van der Waals surface area contributed by atoms with Gasteiger partial charge in [-0.2, -0.15) is 0 Å². The lowest BCUT2D eigenvalue weighted by atomic mass is 9.69. The summed E-state index contributed by atoms with van der Waals surface area (Å²) < 4.78 is 18.6. The maximum atomic E-state index is 13.3. The Labute approximate surface area is 102 Å². The van der Waals surface area contributed by atoms with Crippen LogP contribution in [-0.2, 0) is 0 Å². The van der Waals surface area contributed by atoms with Crippen molar-refractivity contribution in [1.29, 1.82) is 0 Å². The zero-order valence-electron chi connectivity index (χ0n) is 10.5. The second-order valence-electron chi connectivity index (χ2n) is 4.64. The fraction of sp³-hybridized carbons (Fsp3) is 0.571. The molecule has 1 aliphatic carbocycles. The number of hydrogen-bond donors (Lipinski definition) is 1. The molecule has 0 spiro atoms. The fourth-order valence-electron chi connectivity index (χ4n) is 2.55. The fourth-order valence-corrected chi connectivity index (χ4v) is 2.55. The first kappa shape index (κ1) is 12.4. The molecule has 1 fully saturated rings. The van der Waals surface area contributed by atoms with E-state index in [1.165, 1.54) is 12.5 Å². The Morgan fingerprint density at radius 1 is 1.41 bits per heavy atom. The molecule has 17 heavy (non-hydrogen) atoms. The quantitative estimate of drug-likeness (QED) is 0.850. The zero-order chi connectivity index (χ0) is 12.3. The predicted octanol–water partition coefficient (Wildman–Crippen LogP) is 2.94. The van der Waals surface area contributed by atoms with Crippen molar-refractivity contribution in [2.24, 2.45) is 5.92 Å². The van der Waals surface area contributed by atoms with Crippen molar-refractivity contribution in [2.75, 3.05) is 20.2 Å². The third-order valence-corrected chi connectivity index (χ3v) is 3.67. The minimum Gasteiger partial charge on any atom is -0.496 e. The van der Waals surface area contributed by atoms with Gasteiger partial charge in [0.2, 0.25) is 0 Å². The SMILES string of the molecule is CCNCC1CCC1c1cc(F)ccc1OC. The van der Waals surface area contributed by atoms with Crippen LogP contribution in [0.25, 0.3) is 0 Å². The van der Waals surface area contributed by atoms with Gasteiger partial charge in [-0.3, -0.25) is 0 Å². The Bertz CT molecular complexity index is 380. The van der Waals surface area contributed by atoms with Gasteiger partial charge in [0.15, 0.2) is 0 Å². The van der Waals surface area contributed by atoms with Crippen molar-refractivity contribution in [1.82, 2.24) is 5.32 Å². The van der Waals surface area contributed by atoms with E-state index in [4.69, 9.17) is 4.74 Å². The van der Waals surface area contributed by atoms with Crippen LogP contribution >= 0.6 is 0 Å². The smallest absolute Gasteiger partial charge is 0.123 e. The standard InChI is InChI=1S/C14H20FNO/c1-3-16-9-10-4-6-12(10)13-8-11(15)5-7-14(13)17-2/h5,7-8,10,12,16H,3-4,6,9H2,1-2H3. The Balaban J connectivity index is 2.13. The lowest BCUT2D eigenvalue weighted by Gasteiger charge is -2.37. The van der Waals surface area contributed by atoms with Crippen LogP contribution in [0.4, 0.5) is 4.39 Å². The van der Waals surface area contributed by atoms with E-state index >= 15 is 0 Å². The van der Waals surface area contributed by atoms with Gasteiger partial charge in [-0.05, 0) is 56.0 Å². The lowest BCUT2D eigenvalue weighted by molar-refractivity contribution is 0.240. The molecule has 94 valence electrons. The summed E-state index contributed by atoms with van der Waals surface area (Å²) in [6.45, 7) is 4.11. The highest BCUT2D eigenvalue weighted by atomic mass is 19.1. The van der Waals surface area contributed by atoms with Gasteiger partial charge in [0.1, 0.15) is 11.6 Å². The molecule has 1 aromatic carbocycles. The largest absolute Gasteiger partial charge is 0.496 e. The van der Waals surface area contributed by atoms with Gasteiger partial charge in [0.05, 0.1) is 7.11 Å². The summed E-state index contributed by atoms with van der Waals surface area (Å²) in [6.07, 6.45) is 2.35. The lowest BCUT2D eigenvalue weighted by Crippen LogP contribution is -2.34. The van der Waals surface area contributed by atoms with E-state index in [0.717, 1.165) is 30.8 Å². The van der Waals surface area contributed by atoms with Crippen LogP contribution < -0.4 is 10.1 Å². The van der Waals surface area contributed by atoms with E-state index in [-0.39, 0.29) is 5.82 Å². The average molecular weight is 237 g/mol. The number of halogens is 1. The molecule has 0 aromatic heterocycles. The Morgan fingerprint density at radius 3 is 2.82 bits per heavy atom. The van der Waals surface area contributed by atoms with E-state index in [2.05, 4.69) is 12.2 Å². The summed E-state index contributed by atoms with van der Waals surface area (Å²) in [4.78, 5) is 0. The topological polar surface area (TPSA) is 21.3 Å². The van der Waals surface area contributed by atoms with E-state index in [1.54, 1.807) is 19.2 Å². The van der Waals surface area contributed by atoms with Crippen molar-refractivity contribution >= 4 is 0 Å². The molecule has 0 saturated heterocycles. The molecule has 0 bridgehead atoms. The summed E-state index contributed by atoms with van der Waals surface area (Å²) in [5.41, 5.74) is 1.03. The molecule has 1 aromatic rings. The van der Waals surface area contributed by atoms with E-state index in [1.807, 2.05) is 0 Å². The summed E-state index contributed by atoms with van der Waals surface area (Å²) >= 11 is 0. The number of nitrogens with one attached hydrogen (secondary N) is 1. The van der Waals surface area contributed by atoms with Crippen molar-refractivity contribution in [3.05, 3.63) is 29.6 Å². The number of methoxy groups -OCH3 is 1. The highest BCUT2D eigenvalue weighted by molar-refractivity contribution is 5.38. The number of benzene rings is 1. The van der Waals surface area contributed by atoms with Crippen LogP contribution in [0, 0.1) is 11.7 Å². The molecule has 0 heterocycles. The monoisotopic (exact) mass is 237 g/mol. The van der Waals surface area contributed by atoms with Gasteiger partial charge in [-0.1, -0.05) is 6.92 Å². The molecule has 2 rings (SSSR count). The van der Waals surface area contributed by atoms with Crippen molar-refractivity contribution in [2.45, 2.75) is 25.7 Å². The van der Waals surface area contributed by atoms with Crippen molar-refractivity contribution in [3.8, 4) is 5.75 Å². The van der Waals surface area contributed by atoms with Crippen LogP contribution in [-0.4, -0.2) is 20.2 Å². The Hall–Kier alpha value is -1.09. The minimum absolute atomic E-state index is 0.171. The molecule has 1 aliphatic rings. The van der Waals surface area contributed by atoms with Gasteiger partial charge in [-0.25, -0.2) is 4.39 Å². The van der Waals surface area contributed by atoms with Gasteiger partial charge in [0.25, 0.3) is 0 Å². The molecule has 1 N–H and O–H groups in total. The van der Waals surface area contributed by atoms with Crippen LogP contribution in [0.3, 0.4) is 0 Å². The van der Waals surface area contributed by atoms with Crippen LogP contribution in [0.2, 0.25) is 0 Å². The molecule has 0 aliphatic heterocycles. The average Bonchev–Trinajstić information content (AvgIpc) is 2.28. The number of hydrogen-bond acceptors (Lipinski definition) is 2. The number of rotatable bonds is 5. The molecule has 2 unspecified atom stereocenters. The van der Waals surface area contributed by atoms with Gasteiger partial charge in [-0.15, -0.1) is 0 Å². The van der Waals surface area contributed by atoms with Gasteiger partial charge < -0.3 is 10.1 Å². The van der Waals surface area contributed by atoms with Gasteiger partial charge >= 0.3 is 0 Å². The summed E-state index contributed by atoms with van der Waals surface area (Å²) in [5.74, 6) is 1.71. The summed E-state index contributed by atoms with van der Waals surface area (Å²) in [6, 6.07) is 4.81. The first-order valence-corrected chi connectivity index (χ1v) is 6.30. The maximum Gasteiger partial charge on any atom is 0.123 e. The molecule has 2 atom stereocenters. The molecule has 0 amide bonds. The second kappa shape index (κ2) is 5.50. The zero-order valence-corrected chi connectivity index (χ0v) is 10.5. The minimum atomic E-state index is -0.171.